The summed E-state index contributed by atoms with van der Waals surface area (Å²) in [6.07, 6.45) is -6.78. The number of nitrogens with two attached hydrogens (primary N) is 3. The topological polar surface area (TPSA) is 146 Å². The molecule has 0 radical (unpaired) electrons. The molecule has 0 aliphatic heterocycles. The van der Waals surface area contributed by atoms with Gasteiger partial charge in [-0.15, -0.1) is 0 Å². The molecule has 0 aliphatic carbocycles. The summed E-state index contributed by atoms with van der Waals surface area (Å²) in [5.74, 6) is -12.9. The molecule has 0 saturated carbocycles. The van der Waals surface area contributed by atoms with Crippen molar-refractivity contribution in [2.24, 2.45) is 10.3 Å². The van der Waals surface area contributed by atoms with Crippen LogP contribution in [0.3, 0.4) is 0 Å². The Hall–Kier alpha value is -1.65. The summed E-state index contributed by atoms with van der Waals surface area (Å²) in [5, 5.41) is 9.13. The zero-order chi connectivity index (χ0) is 20.2. The van der Waals surface area contributed by atoms with Crippen LogP contribution in [0, 0.1) is 0 Å². The first-order chi connectivity index (χ1) is 10.7. The Labute approximate surface area is 135 Å². The predicted molar refractivity (Wildman–Crippen MR) is 68.5 cm³/mol. The van der Waals surface area contributed by atoms with Gasteiger partial charge in [0.05, 0.1) is 10.6 Å². The van der Waals surface area contributed by atoms with Gasteiger partial charge in [-0.2, -0.15) is 30.7 Å². The normalized spacial score (nSPS) is 14.6. The van der Waals surface area contributed by atoms with Crippen molar-refractivity contribution in [1.82, 2.24) is 0 Å². The van der Waals surface area contributed by atoms with Crippen molar-refractivity contribution in [3.05, 3.63) is 17.7 Å². The standard InChI is InChI=1S/C9H8F7N3O4S2/c10-7(11,8(12,13)9(14,15)16)3-1-4(17)6(25(19,22)23)2-5(3)24(18,20)21/h1-2H,17H2,(H2,18,20,21)(H2,19,22,23). The summed E-state index contributed by atoms with van der Waals surface area (Å²) >= 11 is 0. The van der Waals surface area contributed by atoms with Crippen molar-refractivity contribution < 1.29 is 47.6 Å². The molecule has 0 unspecified atom stereocenters. The zero-order valence-corrected chi connectivity index (χ0v) is 13.1. The molecule has 0 spiro atoms. The van der Waals surface area contributed by atoms with Crippen molar-refractivity contribution in [1.29, 1.82) is 0 Å². The minimum absolute atomic E-state index is 0.226. The summed E-state index contributed by atoms with van der Waals surface area (Å²) in [5.41, 5.74) is 1.28. The molecule has 1 aromatic rings. The van der Waals surface area contributed by atoms with Gasteiger partial charge in [0.15, 0.2) is 0 Å². The molecule has 0 fully saturated rings. The molecule has 0 heterocycles. The Morgan fingerprint density at radius 1 is 0.760 bits per heavy atom. The highest BCUT2D eigenvalue weighted by atomic mass is 32.2. The summed E-state index contributed by atoms with van der Waals surface area (Å²) in [4.78, 5) is -3.33. The Bertz CT molecular complexity index is 910. The van der Waals surface area contributed by atoms with Crippen molar-refractivity contribution in [3.63, 3.8) is 0 Å². The van der Waals surface area contributed by atoms with Gasteiger partial charge in [0, 0.05) is 5.56 Å². The number of halogens is 7. The number of sulfonamides is 2. The SMILES string of the molecule is Nc1cc(C(F)(F)C(F)(F)C(F)(F)F)c(S(N)(=O)=O)cc1S(N)(=O)=O. The van der Waals surface area contributed by atoms with Crippen LogP contribution in [0.15, 0.2) is 21.9 Å². The van der Waals surface area contributed by atoms with Gasteiger partial charge in [-0.05, 0) is 12.1 Å². The second kappa shape index (κ2) is 5.68. The van der Waals surface area contributed by atoms with Gasteiger partial charge in [-0.25, -0.2) is 27.1 Å². The maximum atomic E-state index is 13.8. The van der Waals surface area contributed by atoms with Crippen molar-refractivity contribution in [2.75, 3.05) is 5.73 Å². The van der Waals surface area contributed by atoms with E-state index in [1.807, 2.05) is 0 Å². The van der Waals surface area contributed by atoms with E-state index in [0.717, 1.165) is 0 Å². The van der Waals surface area contributed by atoms with Crippen molar-refractivity contribution in [3.8, 4) is 0 Å². The highest BCUT2D eigenvalue weighted by molar-refractivity contribution is 7.90. The number of hydrogen-bond donors (Lipinski definition) is 3. The Morgan fingerprint density at radius 3 is 1.48 bits per heavy atom. The van der Waals surface area contributed by atoms with Gasteiger partial charge in [0.1, 0.15) is 4.90 Å². The van der Waals surface area contributed by atoms with Crippen LogP contribution in [-0.4, -0.2) is 28.9 Å². The number of hydrogen-bond acceptors (Lipinski definition) is 5. The Kier molecular flexibility index (Phi) is 4.86. The van der Waals surface area contributed by atoms with E-state index in [2.05, 4.69) is 10.3 Å². The van der Waals surface area contributed by atoms with Crippen LogP contribution in [0.5, 0.6) is 0 Å². The minimum atomic E-state index is -6.78. The molecule has 144 valence electrons. The fourth-order valence-corrected chi connectivity index (χ4v) is 3.17. The molecule has 16 heteroatoms. The number of primary sulfonamides is 2. The molecule has 0 amide bonds. The van der Waals surface area contributed by atoms with Gasteiger partial charge in [-0.1, -0.05) is 0 Å². The van der Waals surface area contributed by atoms with Gasteiger partial charge in [0.2, 0.25) is 20.0 Å². The van der Waals surface area contributed by atoms with E-state index in [1.54, 1.807) is 0 Å². The van der Waals surface area contributed by atoms with E-state index in [1.165, 1.54) is 0 Å². The molecular formula is C9H8F7N3O4S2. The molecular weight excluding hydrogens is 411 g/mol. The summed E-state index contributed by atoms with van der Waals surface area (Å²) in [6.45, 7) is 0. The van der Waals surface area contributed by atoms with Crippen LogP contribution < -0.4 is 16.0 Å². The predicted octanol–water partition coefficient (Wildman–Crippen LogP) is 0.853. The van der Waals surface area contributed by atoms with Crippen LogP contribution in [0.4, 0.5) is 36.4 Å². The van der Waals surface area contributed by atoms with Gasteiger partial charge < -0.3 is 5.73 Å². The van der Waals surface area contributed by atoms with Crippen molar-refractivity contribution >= 4 is 25.7 Å². The van der Waals surface area contributed by atoms with Gasteiger partial charge in [0.25, 0.3) is 0 Å². The Balaban J connectivity index is 3.98. The highest BCUT2D eigenvalue weighted by Crippen LogP contribution is 2.53. The van der Waals surface area contributed by atoms with E-state index in [0.29, 0.717) is 0 Å². The number of benzene rings is 1. The van der Waals surface area contributed by atoms with E-state index in [-0.39, 0.29) is 12.1 Å². The zero-order valence-electron chi connectivity index (χ0n) is 11.5. The van der Waals surface area contributed by atoms with Crippen LogP contribution in [-0.2, 0) is 26.0 Å². The lowest BCUT2D eigenvalue weighted by molar-refractivity contribution is -0.360. The Morgan fingerprint density at radius 2 is 1.16 bits per heavy atom. The molecule has 0 bridgehead atoms. The van der Waals surface area contributed by atoms with Crippen LogP contribution in [0.25, 0.3) is 0 Å². The monoisotopic (exact) mass is 419 g/mol. The summed E-state index contributed by atoms with van der Waals surface area (Å²) in [7, 11) is -10.2. The van der Waals surface area contributed by atoms with Gasteiger partial charge in [-0.3, -0.25) is 0 Å². The average Bonchev–Trinajstić information content (AvgIpc) is 2.33. The van der Waals surface area contributed by atoms with E-state index in [4.69, 9.17) is 5.73 Å². The van der Waals surface area contributed by atoms with E-state index < -0.39 is 59.1 Å². The lowest BCUT2D eigenvalue weighted by atomic mass is 10.0. The molecule has 0 aromatic heterocycles. The number of anilines is 1. The lowest BCUT2D eigenvalue weighted by Crippen LogP contribution is -2.50. The smallest absolute Gasteiger partial charge is 0.398 e. The molecule has 0 atom stereocenters. The number of alkyl halides is 7. The molecule has 0 saturated heterocycles. The van der Waals surface area contributed by atoms with Crippen LogP contribution >= 0.6 is 0 Å². The third-order valence-electron chi connectivity index (χ3n) is 2.81. The quantitative estimate of drug-likeness (QED) is 0.489. The van der Waals surface area contributed by atoms with Crippen LogP contribution in [0.1, 0.15) is 5.56 Å². The maximum Gasteiger partial charge on any atom is 0.460 e. The third kappa shape index (κ3) is 3.65. The highest BCUT2D eigenvalue weighted by Gasteiger charge is 2.74. The molecule has 1 rings (SSSR count). The maximum absolute atomic E-state index is 13.8. The van der Waals surface area contributed by atoms with E-state index >= 15 is 0 Å². The van der Waals surface area contributed by atoms with Gasteiger partial charge >= 0.3 is 18.0 Å². The summed E-state index contributed by atoms with van der Waals surface area (Å²) < 4.78 is 136. The first kappa shape index (κ1) is 21.4. The molecule has 1 aromatic carbocycles. The average molecular weight is 419 g/mol. The van der Waals surface area contributed by atoms with E-state index in [9.17, 15) is 47.6 Å². The number of nitrogen functional groups attached to an aromatic ring is 1. The second-order valence-electron chi connectivity index (χ2n) is 4.62. The van der Waals surface area contributed by atoms with Crippen LogP contribution in [0.2, 0.25) is 0 Å². The minimum Gasteiger partial charge on any atom is -0.398 e. The molecule has 25 heavy (non-hydrogen) atoms. The summed E-state index contributed by atoms with van der Waals surface area (Å²) in [6, 6.07) is -0.602. The molecule has 6 N–H and O–H groups in total. The molecule has 7 nitrogen and oxygen atoms in total. The third-order valence-corrected chi connectivity index (χ3v) is 4.73. The number of rotatable bonds is 4. The fourth-order valence-electron chi connectivity index (χ4n) is 1.65. The fraction of sp³-hybridized carbons (Fsp3) is 0.333. The largest absolute Gasteiger partial charge is 0.460 e. The first-order valence-corrected chi connectivity index (χ1v) is 8.66. The molecule has 0 aliphatic rings. The first-order valence-electron chi connectivity index (χ1n) is 5.56. The second-order valence-corrected chi connectivity index (χ2v) is 7.68. The van der Waals surface area contributed by atoms with Crippen molar-refractivity contribution in [2.45, 2.75) is 27.8 Å². The lowest BCUT2D eigenvalue weighted by Gasteiger charge is -2.29.